The fourth-order valence-corrected chi connectivity index (χ4v) is 3.08. The zero-order valence-corrected chi connectivity index (χ0v) is 15.7. The quantitative estimate of drug-likeness (QED) is 0.766. The standard InChI is InChI=1S/C21H23N3O4/c1-28-18-6-3-2-5-16(18)13-22-19(25)14-23-21(27)15-8-10-17(11-9-15)24-12-4-7-20(24)26/h2-3,5-6,8-11H,4,7,12-14H2,1H3,(H,22,25)(H,23,27). The molecule has 7 nitrogen and oxygen atoms in total. The third-order valence-corrected chi connectivity index (χ3v) is 4.59. The summed E-state index contributed by atoms with van der Waals surface area (Å²) in [6.45, 7) is 0.897. The first-order valence-corrected chi connectivity index (χ1v) is 9.15. The molecule has 0 saturated carbocycles. The minimum atomic E-state index is -0.341. The topological polar surface area (TPSA) is 87.7 Å². The van der Waals surface area contributed by atoms with Crippen LogP contribution in [-0.4, -0.2) is 37.9 Å². The summed E-state index contributed by atoms with van der Waals surface area (Å²) in [7, 11) is 1.58. The van der Waals surface area contributed by atoms with Crippen LogP contribution in [0.15, 0.2) is 48.5 Å². The first-order chi connectivity index (χ1) is 13.6. The van der Waals surface area contributed by atoms with Crippen LogP contribution in [0.1, 0.15) is 28.8 Å². The van der Waals surface area contributed by atoms with Gasteiger partial charge < -0.3 is 20.3 Å². The first kappa shape index (κ1) is 19.4. The Bertz CT molecular complexity index is 864. The van der Waals surface area contributed by atoms with Crippen molar-refractivity contribution in [1.82, 2.24) is 10.6 Å². The van der Waals surface area contributed by atoms with Crippen molar-refractivity contribution in [2.75, 3.05) is 25.1 Å². The summed E-state index contributed by atoms with van der Waals surface area (Å²) in [6.07, 6.45) is 1.41. The Kier molecular flexibility index (Phi) is 6.26. The second-order valence-corrected chi connectivity index (χ2v) is 6.47. The number of rotatable bonds is 7. The number of nitrogens with zero attached hydrogens (tertiary/aromatic N) is 1. The molecule has 0 unspecified atom stereocenters. The fraction of sp³-hybridized carbons (Fsp3) is 0.286. The number of hydrogen-bond acceptors (Lipinski definition) is 4. The molecule has 0 aromatic heterocycles. The maximum atomic E-state index is 12.2. The lowest BCUT2D eigenvalue weighted by Gasteiger charge is -2.15. The Labute approximate surface area is 163 Å². The number of hydrogen-bond donors (Lipinski definition) is 2. The number of benzene rings is 2. The Balaban J connectivity index is 1.48. The van der Waals surface area contributed by atoms with Crippen LogP contribution in [0.2, 0.25) is 0 Å². The SMILES string of the molecule is COc1ccccc1CNC(=O)CNC(=O)c1ccc(N2CCCC2=O)cc1. The molecule has 2 aromatic carbocycles. The highest BCUT2D eigenvalue weighted by Gasteiger charge is 2.21. The van der Waals surface area contributed by atoms with Crippen LogP contribution in [-0.2, 0) is 16.1 Å². The lowest BCUT2D eigenvalue weighted by Crippen LogP contribution is -2.36. The second kappa shape index (κ2) is 9.03. The highest BCUT2D eigenvalue weighted by molar-refractivity contribution is 5.98. The second-order valence-electron chi connectivity index (χ2n) is 6.47. The van der Waals surface area contributed by atoms with Crippen molar-refractivity contribution in [3.63, 3.8) is 0 Å². The van der Waals surface area contributed by atoms with Crippen molar-refractivity contribution in [2.24, 2.45) is 0 Å². The van der Waals surface area contributed by atoms with E-state index >= 15 is 0 Å². The third-order valence-electron chi connectivity index (χ3n) is 4.59. The van der Waals surface area contributed by atoms with Gasteiger partial charge in [0.25, 0.3) is 5.91 Å². The molecule has 1 aliphatic rings. The minimum Gasteiger partial charge on any atom is -0.496 e. The molecular weight excluding hydrogens is 358 g/mol. The molecule has 2 aromatic rings. The molecular formula is C21H23N3O4. The van der Waals surface area contributed by atoms with E-state index in [1.165, 1.54) is 0 Å². The van der Waals surface area contributed by atoms with E-state index in [1.807, 2.05) is 24.3 Å². The zero-order valence-electron chi connectivity index (χ0n) is 15.7. The lowest BCUT2D eigenvalue weighted by molar-refractivity contribution is -0.120. The molecule has 1 aliphatic heterocycles. The molecule has 1 fully saturated rings. The van der Waals surface area contributed by atoms with Crippen LogP contribution in [0, 0.1) is 0 Å². The van der Waals surface area contributed by atoms with Crippen LogP contribution in [0.3, 0.4) is 0 Å². The van der Waals surface area contributed by atoms with Gasteiger partial charge in [0.15, 0.2) is 0 Å². The van der Waals surface area contributed by atoms with Gasteiger partial charge in [0.05, 0.1) is 13.7 Å². The van der Waals surface area contributed by atoms with Gasteiger partial charge in [-0.25, -0.2) is 0 Å². The number of nitrogens with one attached hydrogen (secondary N) is 2. The number of anilines is 1. The normalized spacial score (nSPS) is 13.3. The van der Waals surface area contributed by atoms with Crippen molar-refractivity contribution < 1.29 is 19.1 Å². The van der Waals surface area contributed by atoms with Crippen LogP contribution < -0.4 is 20.3 Å². The molecule has 3 amide bonds. The van der Waals surface area contributed by atoms with Gasteiger partial charge in [-0.3, -0.25) is 14.4 Å². The number of carbonyl (C=O) groups is 3. The summed E-state index contributed by atoms with van der Waals surface area (Å²) in [5, 5.41) is 5.35. The molecule has 0 aliphatic carbocycles. The predicted octanol–water partition coefficient (Wildman–Crippen LogP) is 1.87. The Morgan fingerprint density at radius 3 is 2.50 bits per heavy atom. The molecule has 0 atom stereocenters. The summed E-state index contributed by atoms with van der Waals surface area (Å²) in [5.74, 6) is 0.164. The average molecular weight is 381 g/mol. The molecule has 28 heavy (non-hydrogen) atoms. The summed E-state index contributed by atoms with van der Waals surface area (Å²) in [4.78, 5) is 37.7. The number of amides is 3. The van der Waals surface area contributed by atoms with Gasteiger partial charge in [0, 0.05) is 36.3 Å². The van der Waals surface area contributed by atoms with Crippen molar-refractivity contribution in [2.45, 2.75) is 19.4 Å². The van der Waals surface area contributed by atoms with Gasteiger partial charge in [0.2, 0.25) is 11.8 Å². The Morgan fingerprint density at radius 2 is 1.82 bits per heavy atom. The highest BCUT2D eigenvalue weighted by atomic mass is 16.5. The first-order valence-electron chi connectivity index (χ1n) is 9.15. The largest absolute Gasteiger partial charge is 0.496 e. The van der Waals surface area contributed by atoms with Gasteiger partial charge in [-0.05, 0) is 36.8 Å². The maximum absolute atomic E-state index is 12.2. The Hall–Kier alpha value is -3.35. The number of para-hydroxylation sites is 1. The van der Waals surface area contributed by atoms with Gasteiger partial charge in [-0.15, -0.1) is 0 Å². The van der Waals surface area contributed by atoms with Gasteiger partial charge in [0.1, 0.15) is 5.75 Å². The minimum absolute atomic E-state index is 0.101. The summed E-state index contributed by atoms with van der Waals surface area (Å²) >= 11 is 0. The average Bonchev–Trinajstić information content (AvgIpc) is 3.16. The van der Waals surface area contributed by atoms with E-state index in [4.69, 9.17) is 4.74 Å². The van der Waals surface area contributed by atoms with Crippen LogP contribution in [0.4, 0.5) is 5.69 Å². The molecule has 0 spiro atoms. The number of ether oxygens (including phenoxy) is 1. The predicted molar refractivity (Wildman–Crippen MR) is 105 cm³/mol. The van der Waals surface area contributed by atoms with E-state index in [2.05, 4.69) is 10.6 Å². The molecule has 3 rings (SSSR count). The fourth-order valence-electron chi connectivity index (χ4n) is 3.08. The molecule has 0 bridgehead atoms. The van der Waals surface area contributed by atoms with E-state index in [9.17, 15) is 14.4 Å². The van der Waals surface area contributed by atoms with E-state index in [0.29, 0.717) is 30.8 Å². The Morgan fingerprint density at radius 1 is 1.07 bits per heavy atom. The van der Waals surface area contributed by atoms with Crippen molar-refractivity contribution in [1.29, 1.82) is 0 Å². The van der Waals surface area contributed by atoms with Crippen LogP contribution in [0.5, 0.6) is 5.75 Å². The zero-order chi connectivity index (χ0) is 19.9. The summed E-state index contributed by atoms with van der Waals surface area (Å²) in [5.41, 5.74) is 2.08. The molecule has 2 N–H and O–H groups in total. The summed E-state index contributed by atoms with van der Waals surface area (Å²) in [6, 6.07) is 14.2. The summed E-state index contributed by atoms with van der Waals surface area (Å²) < 4.78 is 5.24. The van der Waals surface area contributed by atoms with Crippen molar-refractivity contribution in [3.8, 4) is 5.75 Å². The molecule has 7 heteroatoms. The number of methoxy groups -OCH3 is 1. The van der Waals surface area contributed by atoms with E-state index in [1.54, 1.807) is 36.3 Å². The van der Waals surface area contributed by atoms with E-state index in [-0.39, 0.29) is 24.3 Å². The van der Waals surface area contributed by atoms with Gasteiger partial charge in [-0.2, -0.15) is 0 Å². The number of carbonyl (C=O) groups excluding carboxylic acids is 3. The molecule has 146 valence electrons. The lowest BCUT2D eigenvalue weighted by atomic mass is 10.2. The van der Waals surface area contributed by atoms with E-state index < -0.39 is 0 Å². The third kappa shape index (κ3) is 4.68. The molecule has 0 radical (unpaired) electrons. The van der Waals surface area contributed by atoms with Crippen LogP contribution in [0.25, 0.3) is 0 Å². The molecule has 1 saturated heterocycles. The van der Waals surface area contributed by atoms with Crippen molar-refractivity contribution in [3.05, 3.63) is 59.7 Å². The maximum Gasteiger partial charge on any atom is 0.251 e. The van der Waals surface area contributed by atoms with Crippen molar-refractivity contribution >= 4 is 23.4 Å². The smallest absolute Gasteiger partial charge is 0.251 e. The van der Waals surface area contributed by atoms with Crippen LogP contribution >= 0.6 is 0 Å². The van der Waals surface area contributed by atoms with E-state index in [0.717, 1.165) is 17.7 Å². The highest BCUT2D eigenvalue weighted by Crippen LogP contribution is 2.21. The van der Waals surface area contributed by atoms with Gasteiger partial charge in [-0.1, -0.05) is 18.2 Å². The van der Waals surface area contributed by atoms with Gasteiger partial charge >= 0.3 is 0 Å². The monoisotopic (exact) mass is 381 g/mol. The molecule has 1 heterocycles.